The van der Waals surface area contributed by atoms with Crippen LogP contribution in [0.5, 0.6) is 0 Å². The van der Waals surface area contributed by atoms with E-state index in [9.17, 15) is 46.0 Å². The smallest absolute Gasteiger partial charge is 0.186 e. The molecule has 8 aliphatic rings. The van der Waals surface area contributed by atoms with Gasteiger partial charge in [-0.25, -0.2) is 0 Å². The molecule has 14 nitrogen and oxygen atoms in total. The molecule has 21 atom stereocenters. The number of hydrogen-bond acceptors (Lipinski definition) is 14. The number of hydrogen-bond donors (Lipinski definition) is 9. The molecular formula is C41H68O14. The van der Waals surface area contributed by atoms with Crippen LogP contribution in [0.25, 0.3) is 0 Å². The van der Waals surface area contributed by atoms with E-state index in [1.54, 1.807) is 13.8 Å². The summed E-state index contributed by atoms with van der Waals surface area (Å²) in [5.41, 5.74) is -3.16. The molecule has 8 fully saturated rings. The molecule has 5 aliphatic carbocycles. The average molecular weight is 785 g/mol. The Hall–Kier alpha value is -0.560. The number of rotatable bonds is 7. The lowest BCUT2D eigenvalue weighted by Crippen LogP contribution is -2.65. The van der Waals surface area contributed by atoms with E-state index in [0.717, 1.165) is 32.1 Å². The molecule has 0 aromatic carbocycles. The molecule has 3 aliphatic heterocycles. The fourth-order valence-electron chi connectivity index (χ4n) is 14.9. The molecule has 0 aromatic heterocycles. The van der Waals surface area contributed by atoms with Gasteiger partial charge in [0.1, 0.15) is 42.7 Å². The zero-order valence-electron chi connectivity index (χ0n) is 33.6. The van der Waals surface area contributed by atoms with Crippen molar-refractivity contribution < 1.29 is 69.6 Å². The Morgan fingerprint density at radius 2 is 1.40 bits per heavy atom. The second-order valence-electron chi connectivity index (χ2n) is 21.1. The SMILES string of the molecule is CC(C)(O)[C@@H]1CC[C@](C)([C@H]2[C@H](O)C[C@@]3(C)C4C[C@H](O[C@@H]5O[C@H](CO)[C@@H](O)[C@H](O)[C@H]5O)C5C(C)(C)[C@@H](O[C@@H]6OC[C@@H](O)[C@H](O)[C@H]6O)CC[C@@]56C[C@@]46CC[C@]23C)O1. The minimum Gasteiger partial charge on any atom is -0.394 e. The van der Waals surface area contributed by atoms with Gasteiger partial charge in [-0.3, -0.25) is 0 Å². The molecule has 2 spiro atoms. The first-order valence-electron chi connectivity index (χ1n) is 20.9. The fraction of sp³-hybridized carbons (Fsp3) is 1.00. The van der Waals surface area contributed by atoms with E-state index >= 15 is 0 Å². The van der Waals surface area contributed by atoms with Crippen molar-refractivity contribution >= 4 is 0 Å². The maximum Gasteiger partial charge on any atom is 0.186 e. The third kappa shape index (κ3) is 5.70. The van der Waals surface area contributed by atoms with Crippen LogP contribution in [0.15, 0.2) is 0 Å². The summed E-state index contributed by atoms with van der Waals surface area (Å²) in [5, 5.41) is 97.2. The van der Waals surface area contributed by atoms with Crippen LogP contribution in [-0.2, 0) is 23.7 Å². The third-order valence-electron chi connectivity index (χ3n) is 17.6. The Labute approximate surface area is 324 Å². The van der Waals surface area contributed by atoms with Crippen LogP contribution in [0, 0.1) is 44.8 Å². The second-order valence-corrected chi connectivity index (χ2v) is 21.1. The Morgan fingerprint density at radius 3 is 2.05 bits per heavy atom. The lowest BCUT2D eigenvalue weighted by molar-refractivity contribution is -0.339. The zero-order valence-corrected chi connectivity index (χ0v) is 33.6. The molecule has 9 N–H and O–H groups in total. The van der Waals surface area contributed by atoms with Gasteiger partial charge in [0, 0.05) is 5.92 Å². The Kier molecular flexibility index (Phi) is 9.90. The molecular weight excluding hydrogens is 716 g/mol. The van der Waals surface area contributed by atoms with Gasteiger partial charge in [0.15, 0.2) is 12.6 Å². The normalized spacial score (nSPS) is 58.7. The van der Waals surface area contributed by atoms with Gasteiger partial charge in [-0.15, -0.1) is 0 Å². The lowest BCUT2D eigenvalue weighted by atomic mass is 9.41. The van der Waals surface area contributed by atoms with Crippen molar-refractivity contribution in [1.29, 1.82) is 0 Å². The summed E-state index contributed by atoms with van der Waals surface area (Å²) >= 11 is 0. The average Bonchev–Trinajstić information content (AvgIpc) is 3.47. The molecule has 14 heteroatoms. The summed E-state index contributed by atoms with van der Waals surface area (Å²) in [6.07, 6.45) is -7.48. The van der Waals surface area contributed by atoms with Gasteiger partial charge in [-0.05, 0) is 117 Å². The molecule has 2 unspecified atom stereocenters. The fourth-order valence-corrected chi connectivity index (χ4v) is 14.9. The maximum absolute atomic E-state index is 12.2. The van der Waals surface area contributed by atoms with Crippen LogP contribution in [-0.4, -0.2) is 150 Å². The van der Waals surface area contributed by atoms with Crippen LogP contribution in [0.4, 0.5) is 0 Å². The van der Waals surface area contributed by atoms with Crippen molar-refractivity contribution in [1.82, 2.24) is 0 Å². The van der Waals surface area contributed by atoms with Crippen LogP contribution in [0.2, 0.25) is 0 Å². The van der Waals surface area contributed by atoms with Crippen molar-refractivity contribution in [3.8, 4) is 0 Å². The van der Waals surface area contributed by atoms with E-state index in [1.807, 2.05) is 0 Å². The molecule has 8 rings (SSSR count). The van der Waals surface area contributed by atoms with Crippen LogP contribution < -0.4 is 0 Å². The Bertz CT molecular complexity index is 1460. The molecule has 3 heterocycles. The van der Waals surface area contributed by atoms with Gasteiger partial charge >= 0.3 is 0 Å². The van der Waals surface area contributed by atoms with Crippen LogP contribution in [0.3, 0.4) is 0 Å². The van der Waals surface area contributed by atoms with E-state index in [-0.39, 0.29) is 52.1 Å². The van der Waals surface area contributed by atoms with Gasteiger partial charge < -0.3 is 69.6 Å². The van der Waals surface area contributed by atoms with Gasteiger partial charge in [-0.1, -0.05) is 27.7 Å². The van der Waals surface area contributed by atoms with E-state index < -0.39 is 96.8 Å². The molecule has 0 bridgehead atoms. The monoisotopic (exact) mass is 784 g/mol. The van der Waals surface area contributed by atoms with E-state index in [0.29, 0.717) is 25.7 Å². The molecule has 55 heavy (non-hydrogen) atoms. The largest absolute Gasteiger partial charge is 0.394 e. The second kappa shape index (κ2) is 13.2. The van der Waals surface area contributed by atoms with Crippen LogP contribution >= 0.6 is 0 Å². The first-order valence-corrected chi connectivity index (χ1v) is 20.9. The summed E-state index contributed by atoms with van der Waals surface area (Å²) in [7, 11) is 0. The highest BCUT2D eigenvalue weighted by molar-refractivity contribution is 5.33. The minimum absolute atomic E-state index is 0.0633. The summed E-state index contributed by atoms with van der Waals surface area (Å²) in [6, 6.07) is 0. The highest BCUT2D eigenvalue weighted by Crippen LogP contribution is 2.89. The number of aliphatic hydroxyl groups is 9. The Morgan fingerprint density at radius 1 is 0.709 bits per heavy atom. The van der Waals surface area contributed by atoms with Crippen LogP contribution in [0.1, 0.15) is 106 Å². The zero-order chi connectivity index (χ0) is 40.1. The highest BCUT2D eigenvalue weighted by atomic mass is 16.7. The molecule has 5 saturated carbocycles. The van der Waals surface area contributed by atoms with E-state index in [2.05, 4.69) is 34.6 Å². The van der Waals surface area contributed by atoms with Crippen molar-refractivity contribution in [3.05, 3.63) is 0 Å². The standard InChI is InChI=1S/C41H68O14/c1-35(2)24(54-33-29(48)26(45)20(44)17-51-33)9-11-41-18-40(41)13-12-37(5)31(39(7)10-8-25(55-39)36(3,4)50)19(43)15-38(37,6)23(40)14-21(32(35)41)52-34-30(49)28(47)27(46)22(16-42)53-34/h19-34,42-50H,8-18H2,1-7H3/t19-,20-,21+,22-,23?,24+,25+,26+,27-,28+,29-,30-,31+,32?,33+,34-,37-,38+,39-,40+,41-/m1/s1. The van der Waals surface area contributed by atoms with Crippen molar-refractivity contribution in [3.63, 3.8) is 0 Å². The minimum atomic E-state index is -1.60. The van der Waals surface area contributed by atoms with E-state index in [4.69, 9.17) is 23.7 Å². The highest BCUT2D eigenvalue weighted by Gasteiger charge is 2.85. The van der Waals surface area contributed by atoms with Crippen molar-refractivity contribution in [2.45, 2.75) is 197 Å². The molecule has 0 amide bonds. The predicted molar refractivity (Wildman–Crippen MR) is 194 cm³/mol. The maximum atomic E-state index is 12.2. The summed E-state index contributed by atoms with van der Waals surface area (Å²) < 4.78 is 31.9. The molecule has 0 aromatic rings. The predicted octanol–water partition coefficient (Wildman–Crippen LogP) is 0.724. The van der Waals surface area contributed by atoms with Gasteiger partial charge in [-0.2, -0.15) is 0 Å². The van der Waals surface area contributed by atoms with Gasteiger partial charge in [0.05, 0.1) is 48.8 Å². The number of ether oxygens (including phenoxy) is 5. The van der Waals surface area contributed by atoms with Gasteiger partial charge in [0.2, 0.25) is 0 Å². The first-order chi connectivity index (χ1) is 25.5. The van der Waals surface area contributed by atoms with Crippen molar-refractivity contribution in [2.24, 2.45) is 44.8 Å². The lowest BCUT2D eigenvalue weighted by Gasteiger charge is -2.65. The quantitative estimate of drug-likeness (QED) is 0.162. The first kappa shape index (κ1) is 41.2. The van der Waals surface area contributed by atoms with E-state index in [1.165, 1.54) is 0 Å². The summed E-state index contributed by atoms with van der Waals surface area (Å²) in [5.74, 6) is -0.215. The summed E-state index contributed by atoms with van der Waals surface area (Å²) in [4.78, 5) is 0. The summed E-state index contributed by atoms with van der Waals surface area (Å²) in [6.45, 7) is 13.8. The molecule has 316 valence electrons. The molecule has 3 saturated heterocycles. The molecule has 0 radical (unpaired) electrons. The van der Waals surface area contributed by atoms with Crippen molar-refractivity contribution in [2.75, 3.05) is 13.2 Å². The topological polar surface area (TPSA) is 228 Å². The number of aliphatic hydroxyl groups excluding tert-OH is 8. The third-order valence-corrected chi connectivity index (χ3v) is 17.6. The Balaban J connectivity index is 1.15. The number of fused-ring (bicyclic) bond motifs is 2. The van der Waals surface area contributed by atoms with Gasteiger partial charge in [0.25, 0.3) is 0 Å².